The van der Waals surface area contributed by atoms with Gasteiger partial charge in [0.15, 0.2) is 5.69 Å². The van der Waals surface area contributed by atoms with Gasteiger partial charge in [-0.15, -0.1) is 11.8 Å². The van der Waals surface area contributed by atoms with E-state index in [1.807, 2.05) is 36.4 Å². The average Bonchev–Trinajstić information content (AvgIpc) is 2.96. The molecule has 4 rings (SSSR count). The Morgan fingerprint density at radius 3 is 2.65 bits per heavy atom. The molecule has 2 heterocycles. The molecule has 23 heavy (non-hydrogen) atoms. The zero-order chi connectivity index (χ0) is 16.0. The van der Waals surface area contributed by atoms with E-state index in [0.29, 0.717) is 10.8 Å². The molecule has 0 amide bonds. The molecule has 0 radical (unpaired) electrons. The zero-order valence-corrected chi connectivity index (χ0v) is 13.4. The molecule has 0 atom stereocenters. The van der Waals surface area contributed by atoms with Crippen LogP contribution in [-0.4, -0.2) is 20.9 Å². The number of benzene rings is 2. The predicted molar refractivity (Wildman–Crippen MR) is 90.5 cm³/mol. The Bertz CT molecular complexity index is 919. The molecule has 3 aromatic rings. The van der Waals surface area contributed by atoms with Crippen LogP contribution < -0.4 is 0 Å². The molecule has 0 saturated carbocycles. The third-order valence-corrected chi connectivity index (χ3v) is 5.12. The van der Waals surface area contributed by atoms with Crippen LogP contribution in [0.3, 0.4) is 0 Å². The maximum absolute atomic E-state index is 11.6. The fraction of sp³-hybridized carbons (Fsp3) is 0.0588. The van der Waals surface area contributed by atoms with Crippen molar-refractivity contribution in [3.8, 4) is 16.9 Å². The van der Waals surface area contributed by atoms with Gasteiger partial charge in [0.2, 0.25) is 0 Å². The Kier molecular flexibility index (Phi) is 3.39. The normalized spacial score (nSPS) is 12.6. The zero-order valence-electron chi connectivity index (χ0n) is 11.9. The van der Waals surface area contributed by atoms with Gasteiger partial charge in [-0.25, -0.2) is 9.48 Å². The van der Waals surface area contributed by atoms with Gasteiger partial charge in [-0.3, -0.25) is 0 Å². The number of nitrogens with zero attached hydrogens (tertiary/aromatic N) is 2. The molecule has 0 saturated heterocycles. The van der Waals surface area contributed by atoms with Crippen molar-refractivity contribution in [1.82, 2.24) is 9.78 Å². The SMILES string of the molecule is O=C(O)c1nn(-c2ccc(Cl)cc2)c2c1CSc1ccccc1-2. The molecule has 6 heteroatoms. The van der Waals surface area contributed by atoms with Gasteiger partial charge < -0.3 is 5.11 Å². The molecule has 2 aromatic carbocycles. The van der Waals surface area contributed by atoms with Gasteiger partial charge in [-0.05, 0) is 30.3 Å². The molecule has 0 unspecified atom stereocenters. The molecular weight excluding hydrogens is 332 g/mol. The monoisotopic (exact) mass is 342 g/mol. The molecule has 1 N–H and O–H groups in total. The van der Waals surface area contributed by atoms with Gasteiger partial charge >= 0.3 is 5.97 Å². The summed E-state index contributed by atoms with van der Waals surface area (Å²) >= 11 is 7.59. The second kappa shape index (κ2) is 5.44. The van der Waals surface area contributed by atoms with Crippen LogP contribution in [0.1, 0.15) is 16.1 Å². The van der Waals surface area contributed by atoms with Crippen molar-refractivity contribution >= 4 is 29.3 Å². The Labute approximate surface area is 141 Å². The number of hydrogen-bond acceptors (Lipinski definition) is 3. The topological polar surface area (TPSA) is 55.1 Å². The van der Waals surface area contributed by atoms with E-state index in [0.717, 1.165) is 27.4 Å². The number of halogens is 1. The van der Waals surface area contributed by atoms with E-state index >= 15 is 0 Å². The summed E-state index contributed by atoms with van der Waals surface area (Å²) in [5.41, 5.74) is 3.51. The van der Waals surface area contributed by atoms with Crippen LogP contribution in [0.5, 0.6) is 0 Å². The summed E-state index contributed by atoms with van der Waals surface area (Å²) in [6.45, 7) is 0. The number of hydrogen-bond donors (Lipinski definition) is 1. The highest BCUT2D eigenvalue weighted by atomic mass is 35.5. The van der Waals surface area contributed by atoms with E-state index in [9.17, 15) is 9.90 Å². The van der Waals surface area contributed by atoms with Crippen LogP contribution in [0.2, 0.25) is 5.02 Å². The summed E-state index contributed by atoms with van der Waals surface area (Å²) in [5, 5.41) is 14.5. The first kappa shape index (κ1) is 14.4. The first-order valence-electron chi connectivity index (χ1n) is 6.98. The molecule has 1 aliphatic heterocycles. The molecular formula is C17H11ClN2O2S. The molecule has 1 aliphatic rings. The molecule has 0 fully saturated rings. The molecule has 0 spiro atoms. The van der Waals surface area contributed by atoms with Crippen LogP contribution >= 0.6 is 23.4 Å². The minimum Gasteiger partial charge on any atom is -0.476 e. The summed E-state index contributed by atoms with van der Waals surface area (Å²) in [5.74, 6) is -0.407. The van der Waals surface area contributed by atoms with Crippen LogP contribution in [0, 0.1) is 0 Å². The van der Waals surface area contributed by atoms with E-state index in [1.165, 1.54) is 0 Å². The van der Waals surface area contributed by atoms with Crippen LogP contribution in [0.15, 0.2) is 53.4 Å². The van der Waals surface area contributed by atoms with E-state index in [2.05, 4.69) is 5.10 Å². The Balaban J connectivity index is 2.01. The Morgan fingerprint density at radius 1 is 1.17 bits per heavy atom. The fourth-order valence-corrected chi connectivity index (χ4v) is 3.94. The highest BCUT2D eigenvalue weighted by molar-refractivity contribution is 7.98. The number of carbonyl (C=O) groups is 1. The second-order valence-corrected chi connectivity index (χ2v) is 6.61. The van der Waals surface area contributed by atoms with Crippen molar-refractivity contribution in [3.05, 3.63) is 64.8 Å². The first-order valence-corrected chi connectivity index (χ1v) is 8.35. The lowest BCUT2D eigenvalue weighted by atomic mass is 10.1. The van der Waals surface area contributed by atoms with E-state index in [1.54, 1.807) is 28.6 Å². The van der Waals surface area contributed by atoms with Gasteiger partial charge in [0.25, 0.3) is 0 Å². The summed E-state index contributed by atoms with van der Waals surface area (Å²) < 4.78 is 1.70. The second-order valence-electron chi connectivity index (χ2n) is 5.15. The van der Waals surface area contributed by atoms with Gasteiger partial charge in [-0.1, -0.05) is 29.8 Å². The number of fused-ring (bicyclic) bond motifs is 3. The minimum absolute atomic E-state index is 0.108. The summed E-state index contributed by atoms with van der Waals surface area (Å²) in [6, 6.07) is 15.2. The van der Waals surface area contributed by atoms with Gasteiger partial charge in [0.05, 0.1) is 11.4 Å². The number of carboxylic acid groups (broad SMARTS) is 1. The van der Waals surface area contributed by atoms with Crippen molar-refractivity contribution in [2.75, 3.05) is 0 Å². The quantitative estimate of drug-likeness (QED) is 0.745. The standard InChI is InChI=1S/C17H11ClN2O2S/c18-10-5-7-11(8-6-10)20-16-12-3-1-2-4-14(12)23-9-13(16)15(19-20)17(21)22/h1-8H,9H2,(H,21,22). The maximum Gasteiger partial charge on any atom is 0.356 e. The summed E-state index contributed by atoms with van der Waals surface area (Å²) in [7, 11) is 0. The first-order chi connectivity index (χ1) is 11.1. The molecule has 1 aromatic heterocycles. The average molecular weight is 343 g/mol. The molecule has 0 bridgehead atoms. The summed E-state index contributed by atoms with van der Waals surface area (Å²) in [4.78, 5) is 12.7. The van der Waals surface area contributed by atoms with E-state index in [-0.39, 0.29) is 5.69 Å². The van der Waals surface area contributed by atoms with Crippen molar-refractivity contribution in [3.63, 3.8) is 0 Å². The number of aromatic carboxylic acids is 1. The largest absolute Gasteiger partial charge is 0.476 e. The van der Waals surface area contributed by atoms with Crippen molar-refractivity contribution in [1.29, 1.82) is 0 Å². The fourth-order valence-electron chi connectivity index (χ4n) is 2.74. The highest BCUT2D eigenvalue weighted by Gasteiger charge is 2.28. The number of thioether (sulfide) groups is 1. The highest BCUT2D eigenvalue weighted by Crippen LogP contribution is 2.43. The summed E-state index contributed by atoms with van der Waals surface area (Å²) in [6.07, 6.45) is 0. The lowest BCUT2D eigenvalue weighted by molar-refractivity contribution is 0.0689. The van der Waals surface area contributed by atoms with Crippen molar-refractivity contribution < 1.29 is 9.90 Å². The lowest BCUT2D eigenvalue weighted by Crippen LogP contribution is -2.03. The Morgan fingerprint density at radius 2 is 1.91 bits per heavy atom. The Hall–Kier alpha value is -2.24. The molecule has 0 aliphatic carbocycles. The van der Waals surface area contributed by atoms with Crippen LogP contribution in [0.4, 0.5) is 0 Å². The van der Waals surface area contributed by atoms with Gasteiger partial charge in [0.1, 0.15) is 0 Å². The van der Waals surface area contributed by atoms with E-state index in [4.69, 9.17) is 11.6 Å². The maximum atomic E-state index is 11.6. The number of carboxylic acids is 1. The third-order valence-electron chi connectivity index (χ3n) is 3.77. The van der Waals surface area contributed by atoms with Crippen molar-refractivity contribution in [2.45, 2.75) is 10.6 Å². The van der Waals surface area contributed by atoms with E-state index < -0.39 is 5.97 Å². The van der Waals surface area contributed by atoms with Gasteiger partial charge in [0, 0.05) is 26.8 Å². The van der Waals surface area contributed by atoms with Crippen LogP contribution in [0.25, 0.3) is 16.9 Å². The third kappa shape index (κ3) is 2.33. The molecule has 114 valence electrons. The number of rotatable bonds is 2. The minimum atomic E-state index is -1.01. The lowest BCUT2D eigenvalue weighted by Gasteiger charge is -2.18. The van der Waals surface area contributed by atoms with Gasteiger partial charge in [-0.2, -0.15) is 5.10 Å². The predicted octanol–water partition coefficient (Wildman–Crippen LogP) is 4.50. The smallest absolute Gasteiger partial charge is 0.356 e. The van der Waals surface area contributed by atoms with Crippen molar-refractivity contribution in [2.24, 2.45) is 0 Å². The molecule has 4 nitrogen and oxygen atoms in total. The van der Waals surface area contributed by atoms with Crippen LogP contribution in [-0.2, 0) is 5.75 Å². The number of aromatic nitrogens is 2.